The lowest BCUT2D eigenvalue weighted by molar-refractivity contribution is -0.144. The zero-order valence-electron chi connectivity index (χ0n) is 11.3. The van der Waals surface area contributed by atoms with Gasteiger partial charge in [-0.1, -0.05) is 12.1 Å². The van der Waals surface area contributed by atoms with Crippen molar-refractivity contribution in [2.24, 2.45) is 0 Å². The lowest BCUT2D eigenvalue weighted by Crippen LogP contribution is -2.24. The Morgan fingerprint density at radius 1 is 1.45 bits per heavy atom. The quantitative estimate of drug-likeness (QED) is 0.830. The number of carbonyl (C=O) groups is 1. The highest BCUT2D eigenvalue weighted by Gasteiger charge is 2.24. The molecule has 0 spiro atoms. The van der Waals surface area contributed by atoms with E-state index in [1.54, 1.807) is 19.5 Å². The number of para-hydroxylation sites is 2. The molecule has 0 fully saturated rings. The third-order valence-electron chi connectivity index (χ3n) is 2.68. The predicted molar refractivity (Wildman–Crippen MR) is 78.1 cm³/mol. The maximum Gasteiger partial charge on any atom is 0.334 e. The van der Waals surface area contributed by atoms with Crippen LogP contribution in [0.2, 0.25) is 0 Å². The summed E-state index contributed by atoms with van der Waals surface area (Å²) >= 11 is 1.43. The molecule has 0 radical (unpaired) electrons. The molecular weight excluding hydrogens is 276 g/mol. The van der Waals surface area contributed by atoms with Crippen molar-refractivity contribution in [3.63, 3.8) is 0 Å². The van der Waals surface area contributed by atoms with E-state index in [4.69, 9.17) is 9.47 Å². The molecule has 1 heterocycles. The van der Waals surface area contributed by atoms with Crippen LogP contribution in [0, 0.1) is 0 Å². The number of thiazole rings is 1. The molecule has 1 N–H and O–H groups in total. The number of esters is 1. The molecule has 1 unspecified atom stereocenters. The van der Waals surface area contributed by atoms with Crippen LogP contribution < -0.4 is 10.1 Å². The summed E-state index contributed by atoms with van der Waals surface area (Å²) in [5.41, 5.74) is 3.05. The van der Waals surface area contributed by atoms with Crippen molar-refractivity contribution < 1.29 is 14.3 Å². The molecule has 0 amide bonds. The average molecular weight is 292 g/mol. The predicted octanol–water partition coefficient (Wildman–Crippen LogP) is 2.87. The van der Waals surface area contributed by atoms with Gasteiger partial charge in [-0.25, -0.2) is 9.78 Å². The maximum absolute atomic E-state index is 12.1. The van der Waals surface area contributed by atoms with Gasteiger partial charge in [0.1, 0.15) is 5.75 Å². The van der Waals surface area contributed by atoms with Crippen molar-refractivity contribution in [2.45, 2.75) is 13.0 Å². The summed E-state index contributed by atoms with van der Waals surface area (Å²) in [6.07, 6.45) is 0. The van der Waals surface area contributed by atoms with E-state index in [9.17, 15) is 4.79 Å². The fraction of sp³-hybridized carbons (Fsp3) is 0.286. The minimum Gasteiger partial charge on any atom is -0.495 e. The molecule has 0 saturated heterocycles. The van der Waals surface area contributed by atoms with Crippen molar-refractivity contribution in [1.82, 2.24) is 4.98 Å². The molecular formula is C14H16N2O3S. The first-order valence-corrected chi connectivity index (χ1v) is 7.14. The third kappa shape index (κ3) is 3.27. The van der Waals surface area contributed by atoms with E-state index < -0.39 is 6.04 Å². The molecule has 0 bridgehead atoms. The molecule has 20 heavy (non-hydrogen) atoms. The van der Waals surface area contributed by atoms with Gasteiger partial charge in [0.25, 0.3) is 0 Å². The van der Waals surface area contributed by atoms with Crippen molar-refractivity contribution in [1.29, 1.82) is 0 Å². The number of rotatable bonds is 6. The summed E-state index contributed by atoms with van der Waals surface area (Å²) in [4.78, 5) is 16.3. The largest absolute Gasteiger partial charge is 0.495 e. The average Bonchev–Trinajstić information content (AvgIpc) is 2.99. The van der Waals surface area contributed by atoms with Crippen molar-refractivity contribution >= 4 is 23.0 Å². The number of aromatic nitrogens is 1. The van der Waals surface area contributed by atoms with Gasteiger partial charge in [-0.3, -0.25) is 0 Å². The van der Waals surface area contributed by atoms with Crippen LogP contribution in [0.25, 0.3) is 0 Å². The normalized spacial score (nSPS) is 11.7. The number of nitrogens with one attached hydrogen (secondary N) is 1. The van der Waals surface area contributed by atoms with E-state index in [1.807, 2.05) is 29.6 Å². The van der Waals surface area contributed by atoms with Gasteiger partial charge in [0.2, 0.25) is 0 Å². The number of benzene rings is 1. The van der Waals surface area contributed by atoms with Crippen LogP contribution in [-0.2, 0) is 9.53 Å². The fourth-order valence-corrected chi connectivity index (χ4v) is 2.34. The SMILES string of the molecule is CCOC(=O)C(Nc1ccccc1OC)c1cscn1. The number of carbonyl (C=O) groups excluding carboxylic acids is 1. The van der Waals surface area contributed by atoms with E-state index in [0.29, 0.717) is 18.1 Å². The maximum atomic E-state index is 12.1. The fourth-order valence-electron chi connectivity index (χ4n) is 1.76. The number of hydrogen-bond acceptors (Lipinski definition) is 6. The van der Waals surface area contributed by atoms with Gasteiger partial charge in [0, 0.05) is 5.38 Å². The van der Waals surface area contributed by atoms with Crippen LogP contribution >= 0.6 is 11.3 Å². The zero-order valence-corrected chi connectivity index (χ0v) is 12.1. The number of anilines is 1. The molecule has 1 atom stereocenters. The van der Waals surface area contributed by atoms with Gasteiger partial charge in [0.05, 0.1) is 30.6 Å². The van der Waals surface area contributed by atoms with Crippen molar-refractivity contribution in [3.05, 3.63) is 40.8 Å². The first kappa shape index (κ1) is 14.3. The summed E-state index contributed by atoms with van der Waals surface area (Å²) in [7, 11) is 1.59. The summed E-state index contributed by atoms with van der Waals surface area (Å²) in [6, 6.07) is 6.76. The highest BCUT2D eigenvalue weighted by atomic mass is 32.1. The number of nitrogens with zero attached hydrogens (tertiary/aromatic N) is 1. The Kier molecular flexibility index (Phi) is 4.95. The minimum atomic E-state index is -0.641. The first-order chi connectivity index (χ1) is 9.76. The van der Waals surface area contributed by atoms with Gasteiger partial charge < -0.3 is 14.8 Å². The van der Waals surface area contributed by atoms with Gasteiger partial charge in [-0.2, -0.15) is 0 Å². The second-order valence-electron chi connectivity index (χ2n) is 3.94. The standard InChI is InChI=1S/C14H16N2O3S/c1-3-19-14(17)13(11-8-20-9-15-11)16-10-6-4-5-7-12(10)18-2/h4-9,13,16H,3H2,1-2H3. The minimum absolute atomic E-state index is 0.326. The molecule has 0 aliphatic heterocycles. The molecule has 2 rings (SSSR count). The molecule has 0 aliphatic rings. The lowest BCUT2D eigenvalue weighted by Gasteiger charge is -2.18. The Labute approximate surface area is 121 Å². The summed E-state index contributed by atoms with van der Waals surface area (Å²) in [6.45, 7) is 2.10. The third-order valence-corrected chi connectivity index (χ3v) is 3.28. The summed E-state index contributed by atoms with van der Waals surface area (Å²) < 4.78 is 10.4. The Bertz CT molecular complexity index is 557. The second kappa shape index (κ2) is 6.91. The summed E-state index contributed by atoms with van der Waals surface area (Å²) in [5.74, 6) is 0.307. The molecule has 2 aromatic rings. The highest BCUT2D eigenvalue weighted by molar-refractivity contribution is 7.07. The Morgan fingerprint density at radius 2 is 2.25 bits per heavy atom. The Balaban J connectivity index is 2.26. The number of methoxy groups -OCH3 is 1. The van der Waals surface area contributed by atoms with Gasteiger partial charge in [-0.15, -0.1) is 11.3 Å². The molecule has 0 saturated carbocycles. The first-order valence-electron chi connectivity index (χ1n) is 6.20. The van der Waals surface area contributed by atoms with Crippen LogP contribution in [0.4, 0.5) is 5.69 Å². The topological polar surface area (TPSA) is 60.5 Å². The van der Waals surface area contributed by atoms with E-state index >= 15 is 0 Å². The lowest BCUT2D eigenvalue weighted by atomic mass is 10.2. The molecule has 6 heteroatoms. The molecule has 106 valence electrons. The molecule has 1 aromatic heterocycles. The number of hydrogen-bond donors (Lipinski definition) is 1. The van der Waals surface area contributed by atoms with Crippen LogP contribution in [0.5, 0.6) is 5.75 Å². The van der Waals surface area contributed by atoms with E-state index in [1.165, 1.54) is 11.3 Å². The van der Waals surface area contributed by atoms with Gasteiger partial charge in [-0.05, 0) is 19.1 Å². The molecule has 1 aromatic carbocycles. The monoisotopic (exact) mass is 292 g/mol. The van der Waals surface area contributed by atoms with Crippen LogP contribution in [0.3, 0.4) is 0 Å². The van der Waals surface area contributed by atoms with E-state index in [0.717, 1.165) is 5.69 Å². The van der Waals surface area contributed by atoms with E-state index in [2.05, 4.69) is 10.3 Å². The molecule has 0 aliphatic carbocycles. The summed E-state index contributed by atoms with van der Waals surface area (Å²) in [5, 5.41) is 4.95. The van der Waals surface area contributed by atoms with Gasteiger partial charge >= 0.3 is 5.97 Å². The van der Waals surface area contributed by atoms with Crippen molar-refractivity contribution in [3.8, 4) is 5.75 Å². The smallest absolute Gasteiger partial charge is 0.334 e. The molecule has 5 nitrogen and oxygen atoms in total. The van der Waals surface area contributed by atoms with Gasteiger partial charge in [0.15, 0.2) is 6.04 Å². The number of ether oxygens (including phenoxy) is 2. The Morgan fingerprint density at radius 3 is 2.90 bits per heavy atom. The highest BCUT2D eigenvalue weighted by Crippen LogP contribution is 2.28. The van der Waals surface area contributed by atoms with E-state index in [-0.39, 0.29) is 5.97 Å². The zero-order chi connectivity index (χ0) is 14.4. The second-order valence-corrected chi connectivity index (χ2v) is 4.66. The Hall–Kier alpha value is -2.08. The van der Waals surface area contributed by atoms with Crippen molar-refractivity contribution in [2.75, 3.05) is 19.0 Å². The van der Waals surface area contributed by atoms with Crippen LogP contribution in [0.1, 0.15) is 18.7 Å². The van der Waals surface area contributed by atoms with Crippen LogP contribution in [-0.4, -0.2) is 24.7 Å². The van der Waals surface area contributed by atoms with Crippen LogP contribution in [0.15, 0.2) is 35.2 Å².